The van der Waals surface area contributed by atoms with E-state index < -0.39 is 5.60 Å². The molecule has 0 atom stereocenters. The van der Waals surface area contributed by atoms with E-state index in [4.69, 9.17) is 0 Å². The summed E-state index contributed by atoms with van der Waals surface area (Å²) in [5, 5.41) is 9.49. The molecule has 0 fully saturated rings. The SMILES string of the molecule is C=C/C(=C\NNC)CCC(C)(C)O. The molecule has 0 saturated carbocycles. The zero-order valence-electron chi connectivity index (χ0n) is 8.72. The lowest BCUT2D eigenvalue weighted by molar-refractivity contribution is 0.0716. The Balaban J connectivity index is 3.92. The standard InChI is InChI=1S/C10H20N2O/c1-5-9(8-12-11-4)6-7-10(2,3)13/h5,8,11-13H,1,6-7H2,2-4H3/b9-8+. The molecule has 13 heavy (non-hydrogen) atoms. The van der Waals surface area contributed by atoms with Crippen molar-refractivity contribution in [2.75, 3.05) is 7.05 Å². The van der Waals surface area contributed by atoms with Gasteiger partial charge in [-0.05, 0) is 32.3 Å². The molecule has 0 aliphatic carbocycles. The zero-order valence-corrected chi connectivity index (χ0v) is 8.72. The van der Waals surface area contributed by atoms with E-state index in [0.29, 0.717) is 0 Å². The molecule has 0 rings (SSSR count). The first-order chi connectivity index (χ1) is 5.99. The van der Waals surface area contributed by atoms with Crippen molar-refractivity contribution in [1.29, 1.82) is 0 Å². The first-order valence-electron chi connectivity index (χ1n) is 4.45. The molecule has 3 nitrogen and oxygen atoms in total. The number of hydrogen-bond donors (Lipinski definition) is 3. The Hall–Kier alpha value is -0.800. The molecule has 3 N–H and O–H groups in total. The maximum Gasteiger partial charge on any atom is 0.0594 e. The monoisotopic (exact) mass is 184 g/mol. The van der Waals surface area contributed by atoms with Gasteiger partial charge >= 0.3 is 0 Å². The van der Waals surface area contributed by atoms with Gasteiger partial charge in [-0.15, -0.1) is 0 Å². The van der Waals surface area contributed by atoms with Crippen molar-refractivity contribution in [2.24, 2.45) is 0 Å². The molecule has 0 heterocycles. The van der Waals surface area contributed by atoms with Crippen LogP contribution in [0.1, 0.15) is 26.7 Å². The second kappa shape index (κ2) is 5.78. The summed E-state index contributed by atoms with van der Waals surface area (Å²) in [5.74, 6) is 0. The first kappa shape index (κ1) is 12.2. The summed E-state index contributed by atoms with van der Waals surface area (Å²) in [6.07, 6.45) is 5.19. The van der Waals surface area contributed by atoms with Crippen LogP contribution in [0, 0.1) is 0 Å². The third-order valence-electron chi connectivity index (χ3n) is 1.69. The molecule has 0 aromatic heterocycles. The average Bonchev–Trinajstić information content (AvgIpc) is 2.03. The number of hydrazine groups is 1. The van der Waals surface area contributed by atoms with Crippen molar-refractivity contribution in [2.45, 2.75) is 32.3 Å². The molecule has 0 radical (unpaired) electrons. The minimum Gasteiger partial charge on any atom is -0.390 e. The van der Waals surface area contributed by atoms with Gasteiger partial charge in [0.15, 0.2) is 0 Å². The predicted molar refractivity (Wildman–Crippen MR) is 56.0 cm³/mol. The molecular formula is C10H20N2O. The highest BCUT2D eigenvalue weighted by Gasteiger charge is 2.11. The number of nitrogens with one attached hydrogen (secondary N) is 2. The van der Waals surface area contributed by atoms with Gasteiger partial charge in [-0.3, -0.25) is 0 Å². The van der Waals surface area contributed by atoms with Gasteiger partial charge in [0.1, 0.15) is 0 Å². The second-order valence-corrected chi connectivity index (χ2v) is 3.63. The lowest BCUT2D eigenvalue weighted by Gasteiger charge is -2.16. The van der Waals surface area contributed by atoms with Gasteiger partial charge in [0, 0.05) is 13.2 Å². The molecule has 3 heteroatoms. The van der Waals surface area contributed by atoms with Crippen LogP contribution in [-0.2, 0) is 0 Å². The Labute approximate surface area is 80.5 Å². The minimum absolute atomic E-state index is 0.609. The van der Waals surface area contributed by atoms with Crippen LogP contribution in [0.5, 0.6) is 0 Å². The molecule has 0 aromatic carbocycles. The predicted octanol–water partition coefficient (Wildman–Crippen LogP) is 1.33. The number of allylic oxidation sites excluding steroid dienone is 2. The van der Waals surface area contributed by atoms with Gasteiger partial charge in [0.25, 0.3) is 0 Å². The largest absolute Gasteiger partial charge is 0.390 e. The van der Waals surface area contributed by atoms with E-state index in [-0.39, 0.29) is 0 Å². The Morgan fingerprint density at radius 3 is 2.54 bits per heavy atom. The van der Waals surface area contributed by atoms with Gasteiger partial charge in [-0.1, -0.05) is 12.7 Å². The second-order valence-electron chi connectivity index (χ2n) is 3.63. The quantitative estimate of drug-likeness (QED) is 0.431. The Morgan fingerprint density at radius 1 is 1.54 bits per heavy atom. The summed E-state index contributed by atoms with van der Waals surface area (Å²) < 4.78 is 0. The van der Waals surface area contributed by atoms with Crippen LogP contribution in [0.25, 0.3) is 0 Å². The van der Waals surface area contributed by atoms with E-state index in [1.807, 2.05) is 6.20 Å². The van der Waals surface area contributed by atoms with E-state index >= 15 is 0 Å². The van der Waals surface area contributed by atoms with E-state index in [2.05, 4.69) is 17.4 Å². The highest BCUT2D eigenvalue weighted by atomic mass is 16.3. The molecule has 0 aliphatic heterocycles. The lowest BCUT2D eigenvalue weighted by atomic mass is 9.99. The van der Waals surface area contributed by atoms with Crippen LogP contribution in [-0.4, -0.2) is 17.8 Å². The van der Waals surface area contributed by atoms with Crippen LogP contribution in [0.15, 0.2) is 24.4 Å². The summed E-state index contributed by atoms with van der Waals surface area (Å²) in [6.45, 7) is 7.31. The Kier molecular flexibility index (Phi) is 5.42. The van der Waals surface area contributed by atoms with Crippen LogP contribution >= 0.6 is 0 Å². The van der Waals surface area contributed by atoms with Gasteiger partial charge < -0.3 is 10.5 Å². The van der Waals surface area contributed by atoms with Crippen molar-refractivity contribution >= 4 is 0 Å². The molecule has 0 saturated heterocycles. The zero-order chi connectivity index (χ0) is 10.3. The minimum atomic E-state index is -0.609. The van der Waals surface area contributed by atoms with Crippen LogP contribution in [0.2, 0.25) is 0 Å². The topological polar surface area (TPSA) is 44.3 Å². The van der Waals surface area contributed by atoms with Gasteiger partial charge in [0.2, 0.25) is 0 Å². The Morgan fingerprint density at radius 2 is 2.15 bits per heavy atom. The maximum atomic E-state index is 9.49. The van der Waals surface area contributed by atoms with E-state index in [1.165, 1.54) is 0 Å². The van der Waals surface area contributed by atoms with Crippen molar-refractivity contribution < 1.29 is 5.11 Å². The molecule has 0 aliphatic rings. The molecular weight excluding hydrogens is 164 g/mol. The molecule has 0 amide bonds. The lowest BCUT2D eigenvalue weighted by Crippen LogP contribution is -2.22. The van der Waals surface area contributed by atoms with Crippen molar-refractivity contribution in [3.8, 4) is 0 Å². The van der Waals surface area contributed by atoms with E-state index in [9.17, 15) is 5.11 Å². The number of hydrogen-bond acceptors (Lipinski definition) is 3. The van der Waals surface area contributed by atoms with Crippen LogP contribution in [0.4, 0.5) is 0 Å². The molecule has 0 unspecified atom stereocenters. The smallest absolute Gasteiger partial charge is 0.0594 e. The van der Waals surface area contributed by atoms with Crippen molar-refractivity contribution in [1.82, 2.24) is 10.9 Å². The maximum absolute atomic E-state index is 9.49. The Bertz CT molecular complexity index is 180. The summed E-state index contributed by atoms with van der Waals surface area (Å²) in [6, 6.07) is 0. The fourth-order valence-electron chi connectivity index (χ4n) is 0.848. The highest BCUT2D eigenvalue weighted by Crippen LogP contribution is 2.15. The van der Waals surface area contributed by atoms with E-state index in [0.717, 1.165) is 18.4 Å². The summed E-state index contributed by atoms with van der Waals surface area (Å²) in [7, 11) is 1.80. The number of aliphatic hydroxyl groups is 1. The van der Waals surface area contributed by atoms with Crippen LogP contribution in [0.3, 0.4) is 0 Å². The summed E-state index contributed by atoms with van der Waals surface area (Å²) in [4.78, 5) is 0. The fourth-order valence-corrected chi connectivity index (χ4v) is 0.848. The summed E-state index contributed by atoms with van der Waals surface area (Å²) in [5.41, 5.74) is 6.13. The van der Waals surface area contributed by atoms with Gasteiger partial charge in [-0.2, -0.15) is 0 Å². The molecule has 0 aromatic rings. The first-order valence-corrected chi connectivity index (χ1v) is 4.45. The van der Waals surface area contributed by atoms with Crippen molar-refractivity contribution in [3.05, 3.63) is 24.4 Å². The van der Waals surface area contributed by atoms with Crippen molar-refractivity contribution in [3.63, 3.8) is 0 Å². The van der Waals surface area contributed by atoms with Crippen LogP contribution < -0.4 is 10.9 Å². The molecule has 0 spiro atoms. The number of rotatable bonds is 6. The third-order valence-corrected chi connectivity index (χ3v) is 1.69. The molecule has 76 valence electrons. The molecule has 0 bridgehead atoms. The normalized spacial score (nSPS) is 12.8. The highest BCUT2D eigenvalue weighted by molar-refractivity contribution is 5.15. The van der Waals surface area contributed by atoms with E-state index in [1.54, 1.807) is 27.0 Å². The fraction of sp³-hybridized carbons (Fsp3) is 0.600. The van der Waals surface area contributed by atoms with Gasteiger partial charge in [-0.25, -0.2) is 5.43 Å². The third kappa shape index (κ3) is 7.56. The average molecular weight is 184 g/mol. The summed E-state index contributed by atoms with van der Waals surface area (Å²) >= 11 is 0. The van der Waals surface area contributed by atoms with Gasteiger partial charge in [0.05, 0.1) is 5.60 Å².